The summed E-state index contributed by atoms with van der Waals surface area (Å²) in [6.45, 7) is 6.28. The lowest BCUT2D eigenvalue weighted by molar-refractivity contribution is -0.120. The van der Waals surface area contributed by atoms with Crippen LogP contribution >= 0.6 is 0 Å². The van der Waals surface area contributed by atoms with Crippen molar-refractivity contribution in [2.75, 3.05) is 44.2 Å². The third-order valence-electron chi connectivity index (χ3n) is 7.18. The highest BCUT2D eigenvalue weighted by Crippen LogP contribution is 2.33. The molecule has 0 unspecified atom stereocenters. The molecule has 172 valence electrons. The number of halogens is 1. The number of anilines is 1. The fraction of sp³-hybridized carbons (Fsp3) is 0.609. The molecule has 0 spiro atoms. The van der Waals surface area contributed by atoms with Crippen LogP contribution in [0.15, 0.2) is 18.5 Å². The minimum absolute atomic E-state index is 0.243. The molecule has 3 amide bonds. The first-order valence-electron chi connectivity index (χ1n) is 11.6. The number of hydrogen-bond donors (Lipinski definition) is 2. The number of pyridine rings is 1. The summed E-state index contributed by atoms with van der Waals surface area (Å²) >= 11 is 0. The zero-order chi connectivity index (χ0) is 22.3. The van der Waals surface area contributed by atoms with Gasteiger partial charge in [-0.1, -0.05) is 0 Å². The maximum atomic E-state index is 15.1. The van der Waals surface area contributed by atoms with E-state index in [-0.39, 0.29) is 5.91 Å². The Kier molecular flexibility index (Phi) is 5.63. The number of amides is 3. The molecule has 2 aromatic heterocycles. The number of carbonyl (C=O) groups is 2. The minimum atomic E-state index is -1.06. The number of likely N-dealkylation sites (tertiary alicyclic amines) is 1. The van der Waals surface area contributed by atoms with E-state index in [1.165, 1.54) is 0 Å². The second kappa shape index (κ2) is 8.44. The maximum Gasteiger partial charge on any atom is 0.328 e. The maximum absolute atomic E-state index is 15.1. The quantitative estimate of drug-likeness (QED) is 0.761. The highest BCUT2D eigenvalue weighted by Gasteiger charge is 2.35. The average molecular weight is 443 g/mol. The number of nitrogens with zero attached hydrogens (tertiary/aromatic N) is 4. The summed E-state index contributed by atoms with van der Waals surface area (Å²) in [6, 6.07) is 1.93. The Labute approximate surface area is 187 Å². The topological polar surface area (TPSA) is 82.5 Å². The average Bonchev–Trinajstić information content (AvgIpc) is 3.10. The minimum Gasteiger partial charge on any atom is -0.329 e. The third-order valence-corrected chi connectivity index (χ3v) is 7.18. The molecule has 3 aliphatic heterocycles. The van der Waals surface area contributed by atoms with E-state index in [9.17, 15) is 9.59 Å². The highest BCUT2D eigenvalue weighted by molar-refractivity contribution is 6.06. The Balaban J connectivity index is 1.29. The van der Waals surface area contributed by atoms with Crippen molar-refractivity contribution in [3.05, 3.63) is 24.0 Å². The molecule has 0 bridgehead atoms. The van der Waals surface area contributed by atoms with Crippen LogP contribution in [0.3, 0.4) is 0 Å². The van der Waals surface area contributed by atoms with Crippen molar-refractivity contribution in [3.8, 4) is 0 Å². The molecule has 5 rings (SSSR count). The van der Waals surface area contributed by atoms with Crippen molar-refractivity contribution < 1.29 is 14.0 Å². The second-order valence-corrected chi connectivity index (χ2v) is 9.45. The molecule has 3 fully saturated rings. The Morgan fingerprint density at radius 1 is 1.19 bits per heavy atom. The van der Waals surface area contributed by atoms with Crippen molar-refractivity contribution in [2.24, 2.45) is 0 Å². The molecular weight excluding hydrogens is 411 g/mol. The molecule has 8 nitrogen and oxygen atoms in total. The molecule has 0 atom stereocenters. The molecule has 0 radical (unpaired) electrons. The van der Waals surface area contributed by atoms with Crippen molar-refractivity contribution in [1.82, 2.24) is 25.1 Å². The van der Waals surface area contributed by atoms with Gasteiger partial charge < -0.3 is 14.8 Å². The lowest BCUT2D eigenvalue weighted by Gasteiger charge is -2.39. The summed E-state index contributed by atoms with van der Waals surface area (Å²) < 4.78 is 17.3. The van der Waals surface area contributed by atoms with Crippen LogP contribution in [0.4, 0.5) is 14.9 Å². The summed E-state index contributed by atoms with van der Waals surface area (Å²) in [7, 11) is 0. The molecule has 0 saturated carbocycles. The predicted octanol–water partition coefficient (Wildman–Crippen LogP) is 2.52. The fourth-order valence-electron chi connectivity index (χ4n) is 5.31. The van der Waals surface area contributed by atoms with Crippen molar-refractivity contribution in [2.45, 2.75) is 50.7 Å². The van der Waals surface area contributed by atoms with E-state index in [2.05, 4.69) is 33.2 Å². The van der Waals surface area contributed by atoms with Crippen molar-refractivity contribution in [3.63, 3.8) is 0 Å². The van der Waals surface area contributed by atoms with E-state index in [0.29, 0.717) is 44.1 Å². The Morgan fingerprint density at radius 3 is 2.66 bits per heavy atom. The number of carbonyl (C=O) groups excluding carboxylic acids is 2. The normalized spacial score (nSPS) is 23.0. The first kappa shape index (κ1) is 21.3. The number of aromatic nitrogens is 2. The Bertz CT molecular complexity index is 1020. The van der Waals surface area contributed by atoms with E-state index >= 15 is 4.39 Å². The number of fused-ring (bicyclic) bond motifs is 1. The van der Waals surface area contributed by atoms with E-state index in [1.54, 1.807) is 11.1 Å². The summed E-state index contributed by atoms with van der Waals surface area (Å²) in [6.07, 6.45) is 7.29. The summed E-state index contributed by atoms with van der Waals surface area (Å²) in [5.74, 6) is -0.243. The molecule has 3 saturated heterocycles. The van der Waals surface area contributed by atoms with Gasteiger partial charge in [-0.25, -0.2) is 14.2 Å². The largest absolute Gasteiger partial charge is 0.329 e. The number of piperidine rings is 2. The number of nitrogens with one attached hydrogen (secondary N) is 2. The monoisotopic (exact) mass is 442 g/mol. The van der Waals surface area contributed by atoms with Gasteiger partial charge in [0.05, 0.1) is 11.9 Å². The van der Waals surface area contributed by atoms with Crippen LogP contribution in [0, 0.1) is 6.92 Å². The Hall–Kier alpha value is -2.52. The zero-order valence-electron chi connectivity index (χ0n) is 18.6. The zero-order valence-corrected chi connectivity index (χ0v) is 18.6. The third kappa shape index (κ3) is 4.11. The molecule has 0 aromatic carbocycles. The highest BCUT2D eigenvalue weighted by atomic mass is 19.1. The van der Waals surface area contributed by atoms with Gasteiger partial charge in [0.15, 0.2) is 0 Å². The number of alkyl halides is 1. The van der Waals surface area contributed by atoms with E-state index in [4.69, 9.17) is 4.98 Å². The molecular formula is C23H31FN6O2. The van der Waals surface area contributed by atoms with Crippen LogP contribution in [0.1, 0.15) is 43.7 Å². The number of hydrogen-bond acceptors (Lipinski definition) is 5. The van der Waals surface area contributed by atoms with Gasteiger partial charge in [0.25, 0.3) is 0 Å². The molecule has 3 aliphatic rings. The molecule has 32 heavy (non-hydrogen) atoms. The smallest absolute Gasteiger partial charge is 0.328 e. The number of aryl methyl sites for hydroxylation is 1. The van der Waals surface area contributed by atoms with Gasteiger partial charge in [-0.2, -0.15) is 0 Å². The number of imide groups is 1. The van der Waals surface area contributed by atoms with Gasteiger partial charge in [-0.3, -0.25) is 15.0 Å². The SMILES string of the molecule is Cc1cn(C2CCN(CC3(F)CCNCC3)CC2)c2ncc(N3CCC(=O)NC3=O)cc12. The van der Waals surface area contributed by atoms with Crippen LogP contribution in [-0.2, 0) is 4.79 Å². The summed E-state index contributed by atoms with van der Waals surface area (Å²) in [4.78, 5) is 32.2. The van der Waals surface area contributed by atoms with Crippen LogP contribution < -0.4 is 15.5 Å². The molecule has 2 N–H and O–H groups in total. The lowest BCUT2D eigenvalue weighted by Crippen LogP contribution is -2.49. The van der Waals surface area contributed by atoms with Gasteiger partial charge in [0, 0.05) is 50.2 Å². The first-order chi connectivity index (χ1) is 15.4. The van der Waals surface area contributed by atoms with Gasteiger partial charge in [-0.15, -0.1) is 0 Å². The van der Waals surface area contributed by atoms with Crippen LogP contribution in [0.2, 0.25) is 0 Å². The number of urea groups is 1. The lowest BCUT2D eigenvalue weighted by atomic mass is 9.92. The number of rotatable bonds is 4. The first-order valence-corrected chi connectivity index (χ1v) is 11.6. The summed E-state index contributed by atoms with van der Waals surface area (Å²) in [5.41, 5.74) is 1.67. The summed E-state index contributed by atoms with van der Waals surface area (Å²) in [5, 5.41) is 6.63. The van der Waals surface area contributed by atoms with Crippen LogP contribution in [-0.4, -0.2) is 71.3 Å². The fourth-order valence-corrected chi connectivity index (χ4v) is 5.31. The van der Waals surface area contributed by atoms with Crippen molar-refractivity contribution in [1.29, 1.82) is 0 Å². The van der Waals surface area contributed by atoms with Gasteiger partial charge in [0.2, 0.25) is 5.91 Å². The molecule has 9 heteroatoms. The molecule has 5 heterocycles. The Morgan fingerprint density at radius 2 is 1.94 bits per heavy atom. The van der Waals surface area contributed by atoms with Gasteiger partial charge in [-0.05, 0) is 57.3 Å². The van der Waals surface area contributed by atoms with Gasteiger partial charge in [0.1, 0.15) is 11.3 Å². The van der Waals surface area contributed by atoms with Crippen molar-refractivity contribution >= 4 is 28.7 Å². The van der Waals surface area contributed by atoms with E-state index in [0.717, 1.165) is 55.6 Å². The van der Waals surface area contributed by atoms with Crippen LogP contribution in [0.5, 0.6) is 0 Å². The standard InChI is InChI=1S/C23H31FN6O2/c1-16-14-30(17-2-9-28(10-3-17)15-23(24)5-7-25-8-6-23)21-19(16)12-18(13-26-21)29-11-4-20(31)27-22(29)32/h12-14,17,25H,2-11,15H2,1H3,(H,27,31,32). The van der Waals surface area contributed by atoms with Crippen LogP contribution in [0.25, 0.3) is 11.0 Å². The van der Waals surface area contributed by atoms with E-state index < -0.39 is 11.7 Å². The molecule has 2 aromatic rings. The van der Waals surface area contributed by atoms with Gasteiger partial charge >= 0.3 is 6.03 Å². The second-order valence-electron chi connectivity index (χ2n) is 9.45. The molecule has 0 aliphatic carbocycles. The predicted molar refractivity (Wildman–Crippen MR) is 121 cm³/mol. The van der Waals surface area contributed by atoms with E-state index in [1.807, 2.05) is 6.07 Å².